The second-order valence-corrected chi connectivity index (χ2v) is 3.83. The van der Waals surface area contributed by atoms with E-state index in [0.29, 0.717) is 10.8 Å². The molecule has 0 aliphatic heterocycles. The van der Waals surface area contributed by atoms with Gasteiger partial charge in [0.1, 0.15) is 18.2 Å². The minimum atomic E-state index is -0.626. The van der Waals surface area contributed by atoms with Gasteiger partial charge in [0.25, 0.3) is 0 Å². The Kier molecular flexibility index (Phi) is 7.51. The number of hydrogen-bond acceptors (Lipinski definition) is 1. The van der Waals surface area contributed by atoms with E-state index in [9.17, 15) is 8.78 Å². The van der Waals surface area contributed by atoms with Crippen molar-refractivity contribution in [1.82, 2.24) is 0 Å². The maximum atomic E-state index is 13.3. The van der Waals surface area contributed by atoms with Crippen LogP contribution in [-0.2, 0) is 22.9 Å². The molecule has 0 aliphatic rings. The monoisotopic (exact) mass is 396 g/mol. The van der Waals surface area contributed by atoms with Crippen molar-refractivity contribution >= 4 is 25.2 Å². The van der Waals surface area contributed by atoms with Crippen molar-refractivity contribution in [1.29, 1.82) is 0 Å². The SMILES string of the molecule is Fc1ccc(COc2[c-]cc(Cl)cc2)c(F)c1.[Zn+][Br]. The summed E-state index contributed by atoms with van der Waals surface area (Å²) in [4.78, 5) is 0. The third-order valence-corrected chi connectivity index (χ3v) is 2.38. The van der Waals surface area contributed by atoms with Crippen LogP contribution in [-0.4, -0.2) is 0 Å². The van der Waals surface area contributed by atoms with Crippen LogP contribution in [0.3, 0.4) is 0 Å². The maximum absolute atomic E-state index is 13.3. The molecule has 2 aromatic rings. The van der Waals surface area contributed by atoms with Gasteiger partial charge in [0.05, 0.1) is 0 Å². The van der Waals surface area contributed by atoms with Crippen LogP contribution in [0.2, 0.25) is 5.02 Å². The van der Waals surface area contributed by atoms with Crippen molar-refractivity contribution in [3.05, 3.63) is 64.7 Å². The zero-order valence-electron chi connectivity index (χ0n) is 9.80. The Hall–Kier alpha value is -0.507. The van der Waals surface area contributed by atoms with Crippen molar-refractivity contribution in [2.75, 3.05) is 0 Å². The van der Waals surface area contributed by atoms with E-state index >= 15 is 0 Å². The Labute approximate surface area is 132 Å². The molecule has 1 nitrogen and oxygen atoms in total. The summed E-state index contributed by atoms with van der Waals surface area (Å²) in [6, 6.07) is 11.0. The van der Waals surface area contributed by atoms with Gasteiger partial charge in [-0.25, -0.2) is 8.78 Å². The molecule has 0 radical (unpaired) electrons. The molecular weight excluding hydrogens is 391 g/mol. The van der Waals surface area contributed by atoms with Gasteiger partial charge in [0, 0.05) is 17.4 Å². The van der Waals surface area contributed by atoms with Crippen LogP contribution in [0.15, 0.2) is 36.4 Å². The number of hydrogen-bond donors (Lipinski definition) is 0. The predicted octanol–water partition coefficient (Wildman–Crippen LogP) is 4.84. The Bertz CT molecular complexity index is 523. The molecule has 0 saturated heterocycles. The molecule has 2 aromatic carbocycles. The molecule has 96 valence electrons. The summed E-state index contributed by atoms with van der Waals surface area (Å²) in [5, 5.41) is 0.547. The van der Waals surface area contributed by atoms with Gasteiger partial charge < -0.3 is 4.74 Å². The first-order valence-electron chi connectivity index (χ1n) is 5.16. The van der Waals surface area contributed by atoms with E-state index in [-0.39, 0.29) is 12.2 Å². The van der Waals surface area contributed by atoms with Crippen molar-refractivity contribution in [3.8, 4) is 5.75 Å². The van der Waals surface area contributed by atoms with Gasteiger partial charge in [-0.2, -0.15) is 23.7 Å². The van der Waals surface area contributed by atoms with E-state index in [2.05, 4.69) is 19.7 Å². The topological polar surface area (TPSA) is 9.23 Å². The molecule has 0 aliphatic carbocycles. The van der Waals surface area contributed by atoms with Crippen LogP contribution in [0, 0.1) is 17.7 Å². The molecular formula is C13H8BrClF2OZn. The average Bonchev–Trinajstić information content (AvgIpc) is 2.42. The van der Waals surface area contributed by atoms with Crippen LogP contribution in [0.25, 0.3) is 0 Å². The molecule has 0 bridgehead atoms. The van der Waals surface area contributed by atoms with Gasteiger partial charge in [0.15, 0.2) is 0 Å². The third kappa shape index (κ3) is 5.56. The fourth-order valence-corrected chi connectivity index (χ4v) is 1.39. The molecule has 0 fully saturated rings. The first-order chi connectivity index (χ1) is 9.15. The Morgan fingerprint density at radius 2 is 1.95 bits per heavy atom. The zero-order chi connectivity index (χ0) is 14.3. The van der Waals surface area contributed by atoms with E-state index in [1.54, 1.807) is 18.2 Å². The van der Waals surface area contributed by atoms with Crippen LogP contribution >= 0.6 is 25.2 Å². The number of ether oxygens (including phenoxy) is 1. The average molecular weight is 399 g/mol. The third-order valence-electron chi connectivity index (χ3n) is 2.14. The fraction of sp³-hybridized carbons (Fsp3) is 0.0769. The summed E-state index contributed by atoms with van der Waals surface area (Å²) in [6.45, 7) is 0.0181. The Balaban J connectivity index is 0.000000861. The van der Waals surface area contributed by atoms with E-state index in [1.807, 2.05) is 0 Å². The number of halogens is 4. The standard InChI is InChI=1S/C13H8ClF2O.BrH.Zn/c14-10-2-5-12(6-3-10)17-8-9-1-4-11(15)7-13(9)16;;/h1-5,7H,8H2;1H;/q-1;;+2/p-1. The molecule has 0 unspecified atom stereocenters. The molecule has 0 N–H and O–H groups in total. The molecule has 0 aromatic heterocycles. The molecule has 0 spiro atoms. The summed E-state index contributed by atoms with van der Waals surface area (Å²) in [5.74, 6) is -0.776. The first kappa shape index (κ1) is 16.5. The normalized spacial score (nSPS) is 9.58. The number of rotatable bonds is 3. The van der Waals surface area contributed by atoms with Crippen molar-refractivity contribution < 1.29 is 29.9 Å². The van der Waals surface area contributed by atoms with Gasteiger partial charge in [0.2, 0.25) is 0 Å². The molecule has 0 heterocycles. The molecule has 0 atom stereocenters. The van der Waals surface area contributed by atoms with Crippen LogP contribution in [0.4, 0.5) is 8.78 Å². The summed E-state index contributed by atoms with van der Waals surface area (Å²) < 4.78 is 31.2. The summed E-state index contributed by atoms with van der Waals surface area (Å²) in [5.41, 5.74) is 0.287. The predicted molar refractivity (Wildman–Crippen MR) is 69.9 cm³/mol. The van der Waals surface area contributed by atoms with E-state index in [4.69, 9.17) is 16.3 Å². The Morgan fingerprint density at radius 3 is 2.53 bits per heavy atom. The van der Waals surface area contributed by atoms with E-state index < -0.39 is 11.6 Å². The summed E-state index contributed by atoms with van der Waals surface area (Å²) >= 11 is 9.93. The van der Waals surface area contributed by atoms with Crippen molar-refractivity contribution in [2.45, 2.75) is 6.61 Å². The second kappa shape index (κ2) is 8.62. The zero-order valence-corrected chi connectivity index (χ0v) is 15.1. The van der Waals surface area contributed by atoms with Gasteiger partial charge in [-0.3, -0.25) is 0 Å². The minimum absolute atomic E-state index is 0.0181. The Morgan fingerprint density at radius 1 is 1.21 bits per heavy atom. The van der Waals surface area contributed by atoms with E-state index in [0.717, 1.165) is 6.07 Å². The molecule has 19 heavy (non-hydrogen) atoms. The van der Waals surface area contributed by atoms with Gasteiger partial charge in [-0.15, -0.1) is 12.1 Å². The first-order valence-corrected chi connectivity index (χ1v) is 12.5. The van der Waals surface area contributed by atoms with Crippen LogP contribution in [0.1, 0.15) is 5.56 Å². The second-order valence-electron chi connectivity index (χ2n) is 3.40. The van der Waals surface area contributed by atoms with Crippen molar-refractivity contribution in [3.63, 3.8) is 0 Å². The quantitative estimate of drug-likeness (QED) is 0.531. The summed E-state index contributed by atoms with van der Waals surface area (Å²) in [6.07, 6.45) is 0. The number of benzene rings is 2. The van der Waals surface area contributed by atoms with E-state index in [1.165, 1.54) is 28.5 Å². The van der Waals surface area contributed by atoms with Crippen molar-refractivity contribution in [2.24, 2.45) is 0 Å². The van der Waals surface area contributed by atoms with Crippen LogP contribution in [0.5, 0.6) is 5.75 Å². The molecule has 2 rings (SSSR count). The van der Waals surface area contributed by atoms with Crippen LogP contribution < -0.4 is 4.74 Å². The molecule has 6 heteroatoms. The molecule has 0 saturated carbocycles. The van der Waals surface area contributed by atoms with Gasteiger partial charge in [-0.1, -0.05) is 5.02 Å². The fourth-order valence-electron chi connectivity index (χ4n) is 1.28. The van der Waals surface area contributed by atoms with Gasteiger partial charge in [-0.05, 0) is 12.1 Å². The molecule has 0 amide bonds. The van der Waals surface area contributed by atoms with Gasteiger partial charge >= 0.3 is 30.0 Å². The summed E-state index contributed by atoms with van der Waals surface area (Å²) in [7, 11) is 0.